The van der Waals surface area contributed by atoms with Gasteiger partial charge in [0.15, 0.2) is 5.75 Å². The fraction of sp³-hybridized carbons (Fsp3) is 0.280. The van der Waals surface area contributed by atoms with Gasteiger partial charge in [-0.15, -0.1) is 13.2 Å². The van der Waals surface area contributed by atoms with Crippen LogP contribution in [0.25, 0.3) is 10.9 Å². The molecule has 0 amide bonds. The molecule has 2 heterocycles. The smallest absolute Gasteiger partial charge is 0.316 e. The monoisotopic (exact) mass is 388 g/mol. The third kappa shape index (κ3) is 4.32. The van der Waals surface area contributed by atoms with E-state index in [4.69, 9.17) is 4.74 Å². The van der Waals surface area contributed by atoms with Crippen LogP contribution in [0.3, 0.4) is 0 Å². The lowest BCUT2D eigenvalue weighted by atomic mass is 9.97. The SMILES string of the molecule is C=CCc1c(CC=C)n(Cc2ccccc2)c2cncc(OC(=O)C(C)(C)C)c12. The first-order chi connectivity index (χ1) is 13.9. The van der Waals surface area contributed by atoms with E-state index in [9.17, 15) is 4.79 Å². The number of allylic oxidation sites excluding steroid dienone is 2. The van der Waals surface area contributed by atoms with Crippen LogP contribution in [-0.2, 0) is 24.2 Å². The summed E-state index contributed by atoms with van der Waals surface area (Å²) in [6, 6.07) is 10.3. The number of ether oxygens (including phenoxy) is 1. The number of hydrogen-bond donors (Lipinski definition) is 0. The number of rotatable bonds is 7. The van der Waals surface area contributed by atoms with Gasteiger partial charge < -0.3 is 9.30 Å². The number of carbonyl (C=O) groups excluding carboxylic acids is 1. The van der Waals surface area contributed by atoms with Gasteiger partial charge >= 0.3 is 5.97 Å². The minimum absolute atomic E-state index is 0.280. The summed E-state index contributed by atoms with van der Waals surface area (Å²) >= 11 is 0. The summed E-state index contributed by atoms with van der Waals surface area (Å²) < 4.78 is 8.04. The first kappa shape index (κ1) is 20.6. The maximum Gasteiger partial charge on any atom is 0.316 e. The second kappa shape index (κ2) is 8.48. The molecule has 1 aromatic carbocycles. The number of nitrogens with zero attached hydrogens (tertiary/aromatic N) is 2. The molecule has 0 fully saturated rings. The minimum atomic E-state index is -0.600. The molecule has 0 saturated carbocycles. The zero-order valence-electron chi connectivity index (χ0n) is 17.4. The van der Waals surface area contributed by atoms with Gasteiger partial charge in [0, 0.05) is 24.0 Å². The van der Waals surface area contributed by atoms with Crippen molar-refractivity contribution in [2.75, 3.05) is 0 Å². The van der Waals surface area contributed by atoms with Crippen LogP contribution in [0, 0.1) is 5.41 Å². The molecule has 0 unspecified atom stereocenters. The molecule has 150 valence electrons. The lowest BCUT2D eigenvalue weighted by Crippen LogP contribution is -2.25. The van der Waals surface area contributed by atoms with Crippen LogP contribution in [0.1, 0.15) is 37.6 Å². The molecule has 0 spiro atoms. The van der Waals surface area contributed by atoms with E-state index in [2.05, 4.69) is 34.8 Å². The Bertz CT molecular complexity index is 1040. The highest BCUT2D eigenvalue weighted by Crippen LogP contribution is 2.35. The van der Waals surface area contributed by atoms with Crippen molar-refractivity contribution in [2.24, 2.45) is 5.41 Å². The number of pyridine rings is 1. The zero-order chi connectivity index (χ0) is 21.0. The van der Waals surface area contributed by atoms with Crippen LogP contribution < -0.4 is 4.74 Å². The molecule has 0 aliphatic carbocycles. The Balaban J connectivity index is 2.23. The van der Waals surface area contributed by atoms with E-state index in [0.29, 0.717) is 25.1 Å². The van der Waals surface area contributed by atoms with Crippen molar-refractivity contribution >= 4 is 16.9 Å². The molecule has 4 nitrogen and oxygen atoms in total. The van der Waals surface area contributed by atoms with Crippen molar-refractivity contribution in [3.8, 4) is 5.75 Å². The Morgan fingerprint density at radius 2 is 1.79 bits per heavy atom. The molecule has 0 saturated heterocycles. The third-order valence-electron chi connectivity index (χ3n) is 4.84. The molecule has 0 bridgehead atoms. The minimum Gasteiger partial charge on any atom is -0.424 e. The van der Waals surface area contributed by atoms with E-state index in [1.165, 1.54) is 5.56 Å². The number of aromatic nitrogens is 2. The van der Waals surface area contributed by atoms with Gasteiger partial charge in [-0.1, -0.05) is 42.5 Å². The second-order valence-electron chi connectivity index (χ2n) is 8.15. The summed E-state index contributed by atoms with van der Waals surface area (Å²) in [5.41, 5.74) is 3.78. The van der Waals surface area contributed by atoms with Gasteiger partial charge in [-0.2, -0.15) is 0 Å². The molecule has 0 N–H and O–H groups in total. The number of esters is 1. The topological polar surface area (TPSA) is 44.1 Å². The van der Waals surface area contributed by atoms with Gasteiger partial charge in [0.2, 0.25) is 0 Å². The molecule has 4 heteroatoms. The van der Waals surface area contributed by atoms with Crippen LogP contribution >= 0.6 is 0 Å². The van der Waals surface area contributed by atoms with Crippen molar-refractivity contribution in [1.82, 2.24) is 9.55 Å². The summed E-state index contributed by atoms with van der Waals surface area (Å²) in [5.74, 6) is 0.217. The summed E-state index contributed by atoms with van der Waals surface area (Å²) in [4.78, 5) is 16.9. The van der Waals surface area contributed by atoms with Crippen molar-refractivity contribution in [3.63, 3.8) is 0 Å². The maximum atomic E-state index is 12.6. The number of carbonyl (C=O) groups is 1. The Hall–Kier alpha value is -3.14. The fourth-order valence-corrected chi connectivity index (χ4v) is 3.40. The highest BCUT2D eigenvalue weighted by molar-refractivity contribution is 5.93. The third-order valence-corrected chi connectivity index (χ3v) is 4.84. The highest BCUT2D eigenvalue weighted by Gasteiger charge is 2.26. The lowest BCUT2D eigenvalue weighted by molar-refractivity contribution is -0.142. The predicted molar refractivity (Wildman–Crippen MR) is 118 cm³/mol. The van der Waals surface area contributed by atoms with Crippen LogP contribution in [-0.4, -0.2) is 15.5 Å². The predicted octanol–water partition coefficient (Wildman–Crippen LogP) is 5.49. The van der Waals surface area contributed by atoms with E-state index in [-0.39, 0.29) is 5.97 Å². The van der Waals surface area contributed by atoms with Crippen molar-refractivity contribution in [1.29, 1.82) is 0 Å². The van der Waals surface area contributed by atoms with Gasteiger partial charge in [0.25, 0.3) is 0 Å². The highest BCUT2D eigenvalue weighted by atomic mass is 16.5. The molecular formula is C25H28N2O2. The van der Waals surface area contributed by atoms with Crippen LogP contribution in [0.5, 0.6) is 5.75 Å². The summed E-state index contributed by atoms with van der Waals surface area (Å²) in [6.07, 6.45) is 8.62. The van der Waals surface area contributed by atoms with Crippen molar-refractivity contribution in [2.45, 2.75) is 40.2 Å². The quantitative estimate of drug-likeness (QED) is 0.397. The Labute approximate surface area is 172 Å². The van der Waals surface area contributed by atoms with Crippen LogP contribution in [0.4, 0.5) is 0 Å². The van der Waals surface area contributed by atoms with Gasteiger partial charge in [-0.05, 0) is 38.3 Å². The molecule has 0 aliphatic rings. The normalized spacial score (nSPS) is 11.4. The zero-order valence-corrected chi connectivity index (χ0v) is 17.4. The molecule has 3 aromatic rings. The fourth-order valence-electron chi connectivity index (χ4n) is 3.40. The Morgan fingerprint density at radius 3 is 2.41 bits per heavy atom. The Morgan fingerprint density at radius 1 is 1.10 bits per heavy atom. The standard InChI is InChI=1S/C25H28N2O2/c1-6-11-19-20(12-7-2)27(17-18-13-9-8-10-14-18)21-15-26-16-22(23(19)21)29-24(28)25(3,4)5/h6-10,13-16H,1-2,11-12,17H2,3-5H3. The lowest BCUT2D eigenvalue weighted by Gasteiger charge is -2.17. The van der Waals surface area contributed by atoms with E-state index < -0.39 is 5.41 Å². The van der Waals surface area contributed by atoms with Gasteiger partial charge in [0.05, 0.1) is 23.3 Å². The van der Waals surface area contributed by atoms with Gasteiger partial charge in [-0.25, -0.2) is 0 Å². The largest absolute Gasteiger partial charge is 0.424 e. The Kier molecular flexibility index (Phi) is 6.02. The number of hydrogen-bond acceptors (Lipinski definition) is 3. The summed E-state index contributed by atoms with van der Waals surface area (Å²) in [6.45, 7) is 14.1. The van der Waals surface area contributed by atoms with E-state index >= 15 is 0 Å². The van der Waals surface area contributed by atoms with Crippen molar-refractivity contribution in [3.05, 3.63) is 84.9 Å². The van der Waals surface area contributed by atoms with E-state index in [1.807, 2.05) is 57.3 Å². The van der Waals surface area contributed by atoms with Crippen molar-refractivity contribution < 1.29 is 9.53 Å². The summed E-state index contributed by atoms with van der Waals surface area (Å²) in [5, 5.41) is 0.922. The first-order valence-corrected chi connectivity index (χ1v) is 9.82. The van der Waals surface area contributed by atoms with E-state index in [0.717, 1.165) is 22.2 Å². The second-order valence-corrected chi connectivity index (χ2v) is 8.15. The van der Waals surface area contributed by atoms with Crippen LogP contribution in [0.2, 0.25) is 0 Å². The summed E-state index contributed by atoms with van der Waals surface area (Å²) in [7, 11) is 0. The number of benzene rings is 1. The van der Waals surface area contributed by atoms with E-state index in [1.54, 1.807) is 6.20 Å². The van der Waals surface area contributed by atoms with Gasteiger partial charge in [0.1, 0.15) is 0 Å². The molecule has 29 heavy (non-hydrogen) atoms. The van der Waals surface area contributed by atoms with Gasteiger partial charge in [-0.3, -0.25) is 9.78 Å². The average Bonchev–Trinajstić information content (AvgIpc) is 2.97. The molecule has 0 atom stereocenters. The number of fused-ring (bicyclic) bond motifs is 1. The first-order valence-electron chi connectivity index (χ1n) is 9.82. The maximum absolute atomic E-state index is 12.6. The average molecular weight is 389 g/mol. The van der Waals surface area contributed by atoms with Crippen LogP contribution in [0.15, 0.2) is 68.0 Å². The molecule has 2 aromatic heterocycles. The molecule has 0 aliphatic heterocycles. The molecule has 3 rings (SSSR count). The molecular weight excluding hydrogens is 360 g/mol. The molecule has 0 radical (unpaired) electrons.